The van der Waals surface area contributed by atoms with Gasteiger partial charge in [-0.1, -0.05) is 0 Å². The minimum Gasteiger partial charge on any atom is -0.378 e. The minimum atomic E-state index is -0.0344. The Labute approximate surface area is 102 Å². The van der Waals surface area contributed by atoms with Crippen LogP contribution >= 0.6 is 12.6 Å². The molecule has 0 aromatic heterocycles. The highest BCUT2D eigenvalue weighted by Gasteiger charge is 1.98. The first kappa shape index (κ1) is 15.3. The molecule has 5 heteroatoms. The second-order valence-corrected chi connectivity index (χ2v) is 3.45. The van der Waals surface area contributed by atoms with Crippen molar-refractivity contribution in [2.75, 3.05) is 38.7 Å². The highest BCUT2D eigenvalue weighted by Crippen LogP contribution is 1.85. The Balaban J connectivity index is 3.09. The van der Waals surface area contributed by atoms with Gasteiger partial charge in [0, 0.05) is 25.1 Å². The van der Waals surface area contributed by atoms with Gasteiger partial charge in [0.25, 0.3) is 0 Å². The second kappa shape index (κ2) is 12.4. The molecule has 0 radical (unpaired) electrons. The summed E-state index contributed by atoms with van der Waals surface area (Å²) in [7, 11) is 0. The Hall–Kier alpha value is -0.700. The van der Waals surface area contributed by atoms with Gasteiger partial charge >= 0.3 is 0 Å². The third kappa shape index (κ3) is 11.4. The summed E-state index contributed by atoms with van der Waals surface area (Å²) in [4.78, 5) is 11.1. The molecule has 0 aromatic rings. The number of nitrogens with one attached hydrogen (secondary N) is 1. The van der Waals surface area contributed by atoms with Crippen molar-refractivity contribution < 1.29 is 14.3 Å². The van der Waals surface area contributed by atoms with E-state index in [1.54, 1.807) is 0 Å². The third-order valence-electron chi connectivity index (χ3n) is 1.67. The van der Waals surface area contributed by atoms with Crippen LogP contribution < -0.4 is 5.32 Å². The van der Waals surface area contributed by atoms with Crippen molar-refractivity contribution in [2.24, 2.45) is 0 Å². The Bertz CT molecular complexity index is 216. The highest BCUT2D eigenvalue weighted by molar-refractivity contribution is 7.80. The zero-order chi connectivity index (χ0) is 12.1. The average Bonchev–Trinajstić information content (AvgIpc) is 2.30. The molecule has 0 aliphatic rings. The molecule has 4 nitrogen and oxygen atoms in total. The number of hydrogen-bond acceptors (Lipinski definition) is 4. The number of thiol groups is 1. The molecule has 0 aromatic carbocycles. The summed E-state index contributed by atoms with van der Waals surface area (Å²) >= 11 is 4.00. The van der Waals surface area contributed by atoms with Crippen molar-refractivity contribution >= 4 is 18.5 Å². The van der Waals surface area contributed by atoms with E-state index in [0.717, 1.165) is 0 Å². The standard InChI is InChI=1S/C11H19NO3S/c1-2-3-4-11(13)12-5-6-14-7-8-15-9-10-16/h1,16H,3-10H2,(H,12,13). The number of hydrogen-bond donors (Lipinski definition) is 2. The predicted molar refractivity (Wildman–Crippen MR) is 66.6 cm³/mol. The van der Waals surface area contributed by atoms with E-state index in [1.807, 2.05) is 0 Å². The summed E-state index contributed by atoms with van der Waals surface area (Å²) in [5.74, 6) is 3.09. The van der Waals surface area contributed by atoms with Gasteiger partial charge in [0.1, 0.15) is 0 Å². The van der Waals surface area contributed by atoms with E-state index in [1.165, 1.54) is 0 Å². The maximum Gasteiger partial charge on any atom is 0.221 e. The number of carbonyl (C=O) groups excluding carboxylic acids is 1. The Morgan fingerprint density at radius 2 is 1.94 bits per heavy atom. The summed E-state index contributed by atoms with van der Waals surface area (Å²) in [5.41, 5.74) is 0. The predicted octanol–water partition coefficient (Wildman–Crippen LogP) is 0.479. The molecule has 0 heterocycles. The maximum absolute atomic E-state index is 11.1. The normalized spacial score (nSPS) is 9.75. The van der Waals surface area contributed by atoms with E-state index in [-0.39, 0.29) is 5.91 Å². The second-order valence-electron chi connectivity index (χ2n) is 3.00. The SMILES string of the molecule is C#CCCC(=O)NCCOCCOCCS. The van der Waals surface area contributed by atoms with Crippen LogP contribution in [-0.2, 0) is 14.3 Å². The lowest BCUT2D eigenvalue weighted by Crippen LogP contribution is -2.27. The van der Waals surface area contributed by atoms with E-state index >= 15 is 0 Å². The Kier molecular flexibility index (Phi) is 11.8. The fourth-order valence-electron chi connectivity index (χ4n) is 0.923. The Morgan fingerprint density at radius 3 is 2.56 bits per heavy atom. The van der Waals surface area contributed by atoms with Crippen LogP contribution in [0.25, 0.3) is 0 Å². The van der Waals surface area contributed by atoms with Crippen molar-refractivity contribution in [3.63, 3.8) is 0 Å². The van der Waals surface area contributed by atoms with Crippen molar-refractivity contribution in [1.29, 1.82) is 0 Å². The quantitative estimate of drug-likeness (QED) is 0.334. The fraction of sp³-hybridized carbons (Fsp3) is 0.727. The molecule has 16 heavy (non-hydrogen) atoms. The molecule has 0 saturated carbocycles. The van der Waals surface area contributed by atoms with E-state index < -0.39 is 0 Å². The molecule has 1 N–H and O–H groups in total. The molecular formula is C11H19NO3S. The molecule has 0 bridgehead atoms. The van der Waals surface area contributed by atoms with Crippen LogP contribution in [0.4, 0.5) is 0 Å². The maximum atomic E-state index is 11.1. The van der Waals surface area contributed by atoms with Gasteiger partial charge in [-0.3, -0.25) is 4.79 Å². The highest BCUT2D eigenvalue weighted by atomic mass is 32.1. The van der Waals surface area contributed by atoms with E-state index in [2.05, 4.69) is 23.9 Å². The van der Waals surface area contributed by atoms with Crippen LogP contribution in [0, 0.1) is 12.3 Å². The molecule has 0 rings (SSSR count). The van der Waals surface area contributed by atoms with Crippen LogP contribution in [0.3, 0.4) is 0 Å². The minimum absolute atomic E-state index is 0.0344. The molecule has 0 fully saturated rings. The van der Waals surface area contributed by atoms with Gasteiger partial charge in [0.15, 0.2) is 0 Å². The summed E-state index contributed by atoms with van der Waals surface area (Å²) in [6, 6.07) is 0. The van der Waals surface area contributed by atoms with Crippen LogP contribution in [-0.4, -0.2) is 44.6 Å². The van der Waals surface area contributed by atoms with Crippen LogP contribution in [0.5, 0.6) is 0 Å². The Morgan fingerprint density at radius 1 is 1.25 bits per heavy atom. The van der Waals surface area contributed by atoms with Crippen molar-refractivity contribution in [3.8, 4) is 12.3 Å². The molecule has 0 saturated heterocycles. The van der Waals surface area contributed by atoms with E-state index in [0.29, 0.717) is 51.6 Å². The zero-order valence-corrected chi connectivity index (χ0v) is 10.3. The summed E-state index contributed by atoms with van der Waals surface area (Å²) < 4.78 is 10.4. The molecule has 0 spiro atoms. The lowest BCUT2D eigenvalue weighted by molar-refractivity contribution is -0.121. The van der Waals surface area contributed by atoms with Crippen LogP contribution in [0.1, 0.15) is 12.8 Å². The van der Waals surface area contributed by atoms with Crippen LogP contribution in [0.2, 0.25) is 0 Å². The zero-order valence-electron chi connectivity index (χ0n) is 9.41. The molecule has 0 aliphatic heterocycles. The smallest absolute Gasteiger partial charge is 0.221 e. The molecule has 0 aliphatic carbocycles. The molecule has 0 atom stereocenters. The molecule has 92 valence electrons. The van der Waals surface area contributed by atoms with Gasteiger partial charge in [-0.15, -0.1) is 12.3 Å². The molecule has 1 amide bonds. The van der Waals surface area contributed by atoms with Gasteiger partial charge in [0.05, 0.1) is 26.4 Å². The number of terminal acetylenes is 1. The first-order valence-electron chi connectivity index (χ1n) is 5.27. The first-order chi connectivity index (χ1) is 7.81. The molecule has 0 unspecified atom stereocenters. The number of amides is 1. The number of rotatable bonds is 10. The number of ether oxygens (including phenoxy) is 2. The van der Waals surface area contributed by atoms with Crippen molar-refractivity contribution in [3.05, 3.63) is 0 Å². The third-order valence-corrected chi connectivity index (χ3v) is 1.86. The largest absolute Gasteiger partial charge is 0.378 e. The van der Waals surface area contributed by atoms with Crippen LogP contribution in [0.15, 0.2) is 0 Å². The van der Waals surface area contributed by atoms with Gasteiger partial charge in [-0.25, -0.2) is 0 Å². The lowest BCUT2D eigenvalue weighted by Gasteiger charge is -2.06. The molecular weight excluding hydrogens is 226 g/mol. The lowest BCUT2D eigenvalue weighted by atomic mass is 10.3. The summed E-state index contributed by atoms with van der Waals surface area (Å²) in [5, 5.41) is 2.71. The topological polar surface area (TPSA) is 47.6 Å². The monoisotopic (exact) mass is 245 g/mol. The van der Waals surface area contributed by atoms with Crippen molar-refractivity contribution in [1.82, 2.24) is 5.32 Å². The first-order valence-corrected chi connectivity index (χ1v) is 5.91. The number of carbonyl (C=O) groups is 1. The van der Waals surface area contributed by atoms with Gasteiger partial charge < -0.3 is 14.8 Å². The van der Waals surface area contributed by atoms with E-state index in [9.17, 15) is 4.79 Å². The van der Waals surface area contributed by atoms with Gasteiger partial charge in [0.2, 0.25) is 5.91 Å². The van der Waals surface area contributed by atoms with Gasteiger partial charge in [-0.2, -0.15) is 12.6 Å². The fourth-order valence-corrected chi connectivity index (χ4v) is 1.05. The van der Waals surface area contributed by atoms with E-state index in [4.69, 9.17) is 15.9 Å². The van der Waals surface area contributed by atoms with Gasteiger partial charge in [-0.05, 0) is 0 Å². The van der Waals surface area contributed by atoms with Crippen molar-refractivity contribution in [2.45, 2.75) is 12.8 Å². The average molecular weight is 245 g/mol. The summed E-state index contributed by atoms with van der Waals surface area (Å²) in [6.07, 6.45) is 5.89. The summed E-state index contributed by atoms with van der Waals surface area (Å²) in [6.45, 7) is 2.73.